The van der Waals surface area contributed by atoms with Gasteiger partial charge in [-0.05, 0) is 22.1 Å². The zero-order valence-corrected chi connectivity index (χ0v) is 10.6. The van der Waals surface area contributed by atoms with Crippen LogP contribution in [0.15, 0.2) is 18.2 Å². The lowest BCUT2D eigenvalue weighted by molar-refractivity contribution is -0.138. The van der Waals surface area contributed by atoms with E-state index in [1.165, 1.54) is 5.56 Å². The summed E-state index contributed by atoms with van der Waals surface area (Å²) in [4.78, 5) is 11.2. The van der Waals surface area contributed by atoms with Gasteiger partial charge in [0.15, 0.2) is 0 Å². The number of rotatable bonds is 1. The highest BCUT2D eigenvalue weighted by molar-refractivity contribution is 5.77. The Kier molecular flexibility index (Phi) is 2.96. The molecular formula is C14H19NO2. The van der Waals surface area contributed by atoms with Crippen LogP contribution in [0.3, 0.4) is 0 Å². The summed E-state index contributed by atoms with van der Waals surface area (Å²) >= 11 is 0. The van der Waals surface area contributed by atoms with Crippen molar-refractivity contribution in [1.29, 1.82) is 0 Å². The molecule has 0 aromatic heterocycles. The second-order valence-electron chi connectivity index (χ2n) is 5.69. The van der Waals surface area contributed by atoms with E-state index in [0.717, 1.165) is 17.7 Å². The number of carboxylic acid groups (broad SMARTS) is 1. The maximum Gasteiger partial charge on any atom is 0.312 e. The number of aliphatic carboxylic acids is 1. The fourth-order valence-corrected chi connectivity index (χ4v) is 2.25. The molecule has 2 rings (SSSR count). The first kappa shape index (κ1) is 12.1. The van der Waals surface area contributed by atoms with Crippen molar-refractivity contribution in [3.05, 3.63) is 34.9 Å². The Hall–Kier alpha value is -1.35. The van der Waals surface area contributed by atoms with Crippen molar-refractivity contribution in [2.45, 2.75) is 38.6 Å². The highest BCUT2D eigenvalue weighted by atomic mass is 16.4. The minimum absolute atomic E-state index is 0.102. The number of hydrogen-bond acceptors (Lipinski definition) is 2. The predicted octanol–water partition coefficient (Wildman–Crippen LogP) is 2.26. The molecule has 92 valence electrons. The molecule has 0 amide bonds. The first-order chi connectivity index (χ1) is 7.89. The Labute approximate surface area is 102 Å². The molecule has 0 bridgehead atoms. The molecule has 1 heterocycles. The smallest absolute Gasteiger partial charge is 0.312 e. The third kappa shape index (κ3) is 2.34. The third-order valence-corrected chi connectivity index (χ3v) is 3.35. The average Bonchev–Trinajstić information content (AvgIpc) is 2.26. The van der Waals surface area contributed by atoms with E-state index in [1.807, 2.05) is 6.07 Å². The van der Waals surface area contributed by atoms with E-state index in [0.29, 0.717) is 6.54 Å². The summed E-state index contributed by atoms with van der Waals surface area (Å²) in [6.07, 6.45) is 0. The molecule has 17 heavy (non-hydrogen) atoms. The first-order valence-electron chi connectivity index (χ1n) is 5.96. The maximum atomic E-state index is 11.2. The van der Waals surface area contributed by atoms with Crippen molar-refractivity contribution >= 4 is 5.97 Å². The Bertz CT molecular complexity index is 446. The van der Waals surface area contributed by atoms with Gasteiger partial charge in [0, 0.05) is 13.1 Å². The summed E-state index contributed by atoms with van der Waals surface area (Å²) in [5.74, 6) is -1.16. The summed E-state index contributed by atoms with van der Waals surface area (Å²) in [6.45, 7) is 7.79. The molecule has 1 atom stereocenters. The van der Waals surface area contributed by atoms with Gasteiger partial charge in [0.05, 0.1) is 5.92 Å². The minimum Gasteiger partial charge on any atom is -0.481 e. The number of carbonyl (C=O) groups is 1. The van der Waals surface area contributed by atoms with Crippen LogP contribution in [0.4, 0.5) is 0 Å². The maximum absolute atomic E-state index is 11.2. The zero-order valence-electron chi connectivity index (χ0n) is 10.6. The average molecular weight is 233 g/mol. The molecule has 3 nitrogen and oxygen atoms in total. The van der Waals surface area contributed by atoms with Crippen molar-refractivity contribution in [2.24, 2.45) is 0 Å². The normalized spacial score (nSPS) is 19.8. The Morgan fingerprint density at radius 1 is 1.41 bits per heavy atom. The highest BCUT2D eigenvalue weighted by Gasteiger charge is 2.27. The van der Waals surface area contributed by atoms with Crippen LogP contribution in [0.1, 0.15) is 43.4 Å². The van der Waals surface area contributed by atoms with Gasteiger partial charge in [-0.2, -0.15) is 0 Å². The van der Waals surface area contributed by atoms with Gasteiger partial charge in [0.25, 0.3) is 0 Å². The molecule has 1 unspecified atom stereocenters. The molecule has 0 aliphatic carbocycles. The number of fused-ring (bicyclic) bond motifs is 1. The molecule has 1 aliphatic rings. The molecule has 0 saturated heterocycles. The topological polar surface area (TPSA) is 49.3 Å². The second-order valence-corrected chi connectivity index (χ2v) is 5.69. The summed E-state index contributed by atoms with van der Waals surface area (Å²) in [6, 6.07) is 6.17. The van der Waals surface area contributed by atoms with Gasteiger partial charge in [-0.25, -0.2) is 0 Å². The van der Waals surface area contributed by atoms with E-state index < -0.39 is 11.9 Å². The molecule has 0 fully saturated rings. The third-order valence-electron chi connectivity index (χ3n) is 3.35. The van der Waals surface area contributed by atoms with Crippen LogP contribution >= 0.6 is 0 Å². The summed E-state index contributed by atoms with van der Waals surface area (Å²) in [7, 11) is 0. The monoisotopic (exact) mass is 233 g/mol. The minimum atomic E-state index is -0.748. The van der Waals surface area contributed by atoms with Gasteiger partial charge in [0.2, 0.25) is 0 Å². The molecule has 1 aliphatic heterocycles. The zero-order chi connectivity index (χ0) is 12.6. The van der Waals surface area contributed by atoms with Crippen molar-refractivity contribution in [1.82, 2.24) is 5.32 Å². The van der Waals surface area contributed by atoms with E-state index >= 15 is 0 Å². The van der Waals surface area contributed by atoms with Crippen LogP contribution < -0.4 is 5.32 Å². The summed E-state index contributed by atoms with van der Waals surface area (Å²) < 4.78 is 0. The fraction of sp³-hybridized carbons (Fsp3) is 0.500. The van der Waals surface area contributed by atoms with Gasteiger partial charge in [-0.1, -0.05) is 39.0 Å². The van der Waals surface area contributed by atoms with Crippen LogP contribution in [0.25, 0.3) is 0 Å². The van der Waals surface area contributed by atoms with Crippen LogP contribution in [0, 0.1) is 0 Å². The molecule has 0 spiro atoms. The largest absolute Gasteiger partial charge is 0.481 e. The van der Waals surface area contributed by atoms with E-state index in [4.69, 9.17) is 0 Å². The van der Waals surface area contributed by atoms with Gasteiger partial charge in [-0.3, -0.25) is 4.79 Å². The summed E-state index contributed by atoms with van der Waals surface area (Å²) in [5.41, 5.74) is 3.44. The number of hydrogen-bond donors (Lipinski definition) is 2. The van der Waals surface area contributed by atoms with Crippen LogP contribution in [0.5, 0.6) is 0 Å². The Morgan fingerprint density at radius 2 is 2.12 bits per heavy atom. The van der Waals surface area contributed by atoms with E-state index in [1.54, 1.807) is 0 Å². The molecule has 1 aromatic carbocycles. The number of benzene rings is 1. The first-order valence-corrected chi connectivity index (χ1v) is 5.96. The van der Waals surface area contributed by atoms with E-state index in [9.17, 15) is 9.90 Å². The number of nitrogens with one attached hydrogen (secondary N) is 1. The van der Waals surface area contributed by atoms with Gasteiger partial charge >= 0.3 is 5.97 Å². The van der Waals surface area contributed by atoms with Gasteiger partial charge in [0.1, 0.15) is 0 Å². The molecule has 1 aromatic rings. The molecule has 0 radical (unpaired) electrons. The van der Waals surface area contributed by atoms with Crippen LogP contribution in [0.2, 0.25) is 0 Å². The predicted molar refractivity (Wildman–Crippen MR) is 67.2 cm³/mol. The Balaban J connectivity index is 2.43. The van der Waals surface area contributed by atoms with Crippen molar-refractivity contribution in [3.8, 4) is 0 Å². The fourth-order valence-electron chi connectivity index (χ4n) is 2.25. The lowest BCUT2D eigenvalue weighted by Gasteiger charge is -2.27. The molecular weight excluding hydrogens is 214 g/mol. The van der Waals surface area contributed by atoms with Crippen molar-refractivity contribution in [3.63, 3.8) is 0 Å². The lowest BCUT2D eigenvalue weighted by Crippen LogP contribution is -2.32. The number of carboxylic acids is 1. The molecule has 0 saturated carbocycles. The van der Waals surface area contributed by atoms with Crippen molar-refractivity contribution in [2.75, 3.05) is 6.54 Å². The molecule has 3 heteroatoms. The SMILES string of the molecule is CC(C)(C)c1ccc2c(c1)CNCC2C(=O)O. The van der Waals surface area contributed by atoms with Gasteiger partial charge < -0.3 is 10.4 Å². The van der Waals surface area contributed by atoms with Crippen molar-refractivity contribution < 1.29 is 9.90 Å². The highest BCUT2D eigenvalue weighted by Crippen LogP contribution is 2.29. The standard InChI is InChI=1S/C14H19NO2/c1-14(2,3)10-4-5-11-9(6-10)7-15-8-12(11)13(16)17/h4-6,12,15H,7-8H2,1-3H3,(H,16,17). The second kappa shape index (κ2) is 4.15. The van der Waals surface area contributed by atoms with E-state index in [2.05, 4.69) is 38.2 Å². The lowest BCUT2D eigenvalue weighted by atomic mass is 9.82. The van der Waals surface area contributed by atoms with Gasteiger partial charge in [-0.15, -0.1) is 0 Å². The quantitative estimate of drug-likeness (QED) is 0.782. The van der Waals surface area contributed by atoms with Crippen LogP contribution in [-0.4, -0.2) is 17.6 Å². The summed E-state index contributed by atoms with van der Waals surface area (Å²) in [5, 5.41) is 12.3. The van der Waals surface area contributed by atoms with E-state index in [-0.39, 0.29) is 5.41 Å². The van der Waals surface area contributed by atoms with Crippen LogP contribution in [-0.2, 0) is 16.8 Å². The Morgan fingerprint density at radius 3 is 2.71 bits per heavy atom. The molecule has 2 N–H and O–H groups in total.